The van der Waals surface area contributed by atoms with E-state index in [0.29, 0.717) is 6.54 Å². The summed E-state index contributed by atoms with van der Waals surface area (Å²) in [6.45, 7) is 0.389. The van der Waals surface area contributed by atoms with Crippen molar-refractivity contribution in [3.63, 3.8) is 0 Å². The van der Waals surface area contributed by atoms with Gasteiger partial charge in [-0.05, 0) is 18.8 Å². The first kappa shape index (κ1) is 11.7. The number of hydrogen-bond acceptors (Lipinski definition) is 4. The quantitative estimate of drug-likeness (QED) is 0.728. The van der Waals surface area contributed by atoms with Gasteiger partial charge in [0, 0.05) is 12.5 Å². The summed E-state index contributed by atoms with van der Waals surface area (Å²) in [5, 5.41) is 8.99. The maximum absolute atomic E-state index is 11.1. The lowest BCUT2D eigenvalue weighted by Crippen LogP contribution is -2.40. The van der Waals surface area contributed by atoms with Crippen LogP contribution in [0.25, 0.3) is 0 Å². The molecule has 2 aliphatic rings. The third-order valence-electron chi connectivity index (χ3n) is 3.34. The topological polar surface area (TPSA) is 83.9 Å². The Kier molecular flexibility index (Phi) is 2.83. The molecular weight excluding hydrogens is 234 g/mol. The summed E-state index contributed by atoms with van der Waals surface area (Å²) in [6.07, 6.45) is 1.84. The Labute approximate surface area is 94.3 Å². The number of nitrogens with zero attached hydrogens (tertiary/aromatic N) is 1. The smallest absolute Gasteiger partial charge is 0.409 e. The molecule has 0 aromatic carbocycles. The highest BCUT2D eigenvalue weighted by molar-refractivity contribution is 7.86. The number of carbonyl (C=O) groups is 1. The first-order chi connectivity index (χ1) is 7.38. The molecule has 16 heavy (non-hydrogen) atoms. The fourth-order valence-electron chi connectivity index (χ4n) is 2.74. The fraction of sp³-hybridized carbons (Fsp3) is 0.889. The Bertz CT molecular complexity index is 393. The normalized spacial score (nSPS) is 34.1. The third kappa shape index (κ3) is 2.15. The van der Waals surface area contributed by atoms with Gasteiger partial charge < -0.3 is 5.11 Å². The molecule has 1 N–H and O–H groups in total. The summed E-state index contributed by atoms with van der Waals surface area (Å²) in [6, 6.07) is 0. The lowest BCUT2D eigenvalue weighted by molar-refractivity contribution is 0.0386. The van der Waals surface area contributed by atoms with Gasteiger partial charge in [0.1, 0.15) is 0 Å². The minimum Gasteiger partial charge on any atom is -0.465 e. The monoisotopic (exact) mass is 249 g/mol. The van der Waals surface area contributed by atoms with Gasteiger partial charge in [0.2, 0.25) is 0 Å². The zero-order valence-electron chi connectivity index (χ0n) is 9.00. The second kappa shape index (κ2) is 3.89. The molecule has 2 rings (SSSR count). The highest BCUT2D eigenvalue weighted by atomic mass is 32.2. The number of rotatable bonds is 2. The average Bonchev–Trinajstić information content (AvgIpc) is 2.65. The average molecular weight is 249 g/mol. The van der Waals surface area contributed by atoms with E-state index in [0.717, 1.165) is 30.4 Å². The van der Waals surface area contributed by atoms with Crippen LogP contribution in [0, 0.1) is 11.8 Å². The van der Waals surface area contributed by atoms with E-state index >= 15 is 0 Å². The van der Waals surface area contributed by atoms with Gasteiger partial charge in [-0.25, -0.2) is 8.98 Å². The number of hydrogen-bond donors (Lipinski definition) is 1. The Morgan fingerprint density at radius 2 is 2.12 bits per heavy atom. The zero-order chi connectivity index (χ0) is 11.9. The van der Waals surface area contributed by atoms with Crippen molar-refractivity contribution in [1.82, 2.24) is 4.90 Å². The second-order valence-electron chi connectivity index (χ2n) is 4.48. The van der Waals surface area contributed by atoms with E-state index in [4.69, 9.17) is 9.29 Å². The lowest BCUT2D eigenvalue weighted by Gasteiger charge is -2.23. The number of fused-ring (bicyclic) bond motifs is 1. The Hall–Kier alpha value is -0.820. The summed E-state index contributed by atoms with van der Waals surface area (Å²) in [4.78, 5) is 12.1. The molecule has 1 amide bonds. The van der Waals surface area contributed by atoms with Crippen LogP contribution in [0.2, 0.25) is 0 Å². The SMILES string of the molecule is CS(=O)(=O)OC1C2CCCC2CN1C(=O)O. The van der Waals surface area contributed by atoms with Crippen LogP contribution in [0.4, 0.5) is 4.79 Å². The number of carboxylic acid groups (broad SMARTS) is 1. The van der Waals surface area contributed by atoms with Crippen LogP contribution in [0.3, 0.4) is 0 Å². The highest BCUT2D eigenvalue weighted by Crippen LogP contribution is 2.42. The predicted molar refractivity (Wildman–Crippen MR) is 55.3 cm³/mol. The molecule has 1 heterocycles. The van der Waals surface area contributed by atoms with Crippen molar-refractivity contribution in [1.29, 1.82) is 0 Å². The lowest BCUT2D eigenvalue weighted by atomic mass is 10.00. The maximum atomic E-state index is 11.1. The molecule has 0 aromatic rings. The van der Waals surface area contributed by atoms with Crippen LogP contribution in [0.5, 0.6) is 0 Å². The molecule has 0 aromatic heterocycles. The van der Waals surface area contributed by atoms with Gasteiger partial charge in [-0.3, -0.25) is 4.90 Å². The van der Waals surface area contributed by atoms with E-state index in [1.54, 1.807) is 0 Å². The van der Waals surface area contributed by atoms with Crippen molar-refractivity contribution in [2.24, 2.45) is 11.8 Å². The van der Waals surface area contributed by atoms with Crippen molar-refractivity contribution in [3.8, 4) is 0 Å². The zero-order valence-corrected chi connectivity index (χ0v) is 9.81. The molecule has 0 bridgehead atoms. The van der Waals surface area contributed by atoms with Crippen molar-refractivity contribution in [2.45, 2.75) is 25.5 Å². The van der Waals surface area contributed by atoms with E-state index < -0.39 is 22.4 Å². The van der Waals surface area contributed by atoms with E-state index in [1.807, 2.05) is 0 Å². The van der Waals surface area contributed by atoms with Crippen molar-refractivity contribution < 1.29 is 22.5 Å². The first-order valence-electron chi connectivity index (χ1n) is 5.26. The Balaban J connectivity index is 2.19. The Morgan fingerprint density at radius 3 is 2.69 bits per heavy atom. The molecular formula is C9H15NO5S. The van der Waals surface area contributed by atoms with Crippen molar-refractivity contribution >= 4 is 16.2 Å². The first-order valence-corrected chi connectivity index (χ1v) is 7.08. The molecule has 3 atom stereocenters. The minimum atomic E-state index is -3.62. The highest BCUT2D eigenvalue weighted by Gasteiger charge is 2.48. The standard InChI is InChI=1S/C9H15NO5S/c1-16(13,14)15-8-7-4-2-3-6(7)5-10(8)9(11)12/h6-8H,2-5H2,1H3,(H,11,12). The molecule has 7 heteroatoms. The van der Waals surface area contributed by atoms with Gasteiger partial charge in [-0.15, -0.1) is 0 Å². The van der Waals surface area contributed by atoms with Crippen molar-refractivity contribution in [2.75, 3.05) is 12.8 Å². The van der Waals surface area contributed by atoms with Crippen molar-refractivity contribution in [3.05, 3.63) is 0 Å². The molecule has 2 fully saturated rings. The van der Waals surface area contributed by atoms with Gasteiger partial charge in [0.25, 0.3) is 10.1 Å². The molecule has 1 aliphatic carbocycles. The largest absolute Gasteiger partial charge is 0.465 e. The van der Waals surface area contributed by atoms with Gasteiger partial charge >= 0.3 is 6.09 Å². The molecule has 1 saturated carbocycles. The molecule has 92 valence electrons. The number of amides is 1. The van der Waals surface area contributed by atoms with Crippen LogP contribution >= 0.6 is 0 Å². The molecule has 1 aliphatic heterocycles. The molecule has 3 unspecified atom stereocenters. The van der Waals surface area contributed by atoms with Crippen LogP contribution in [0.1, 0.15) is 19.3 Å². The summed E-state index contributed by atoms with van der Waals surface area (Å²) in [5.41, 5.74) is 0. The van der Waals surface area contributed by atoms with E-state index in [9.17, 15) is 13.2 Å². The second-order valence-corrected chi connectivity index (χ2v) is 6.08. The maximum Gasteiger partial charge on any atom is 0.409 e. The van der Waals surface area contributed by atoms with E-state index in [2.05, 4.69) is 0 Å². The van der Waals surface area contributed by atoms with E-state index in [1.165, 1.54) is 0 Å². The van der Waals surface area contributed by atoms with Crippen LogP contribution in [0.15, 0.2) is 0 Å². The third-order valence-corrected chi connectivity index (χ3v) is 3.89. The summed E-state index contributed by atoms with van der Waals surface area (Å²) in [5.74, 6) is 0.286. The molecule has 0 spiro atoms. The molecule has 0 radical (unpaired) electrons. The summed E-state index contributed by atoms with van der Waals surface area (Å²) in [7, 11) is -3.62. The van der Waals surface area contributed by atoms with Gasteiger partial charge in [-0.1, -0.05) is 6.42 Å². The van der Waals surface area contributed by atoms with Gasteiger partial charge in [0.05, 0.1) is 6.26 Å². The fourth-order valence-corrected chi connectivity index (χ4v) is 3.35. The molecule has 1 saturated heterocycles. The molecule has 6 nitrogen and oxygen atoms in total. The predicted octanol–water partition coefficient (Wildman–Crippen LogP) is 0.699. The summed E-state index contributed by atoms with van der Waals surface area (Å²) < 4.78 is 27.1. The van der Waals surface area contributed by atoms with E-state index in [-0.39, 0.29) is 11.8 Å². The Morgan fingerprint density at radius 1 is 1.44 bits per heavy atom. The van der Waals surface area contributed by atoms with Gasteiger partial charge in [-0.2, -0.15) is 8.42 Å². The van der Waals surface area contributed by atoms with Crippen LogP contribution in [-0.2, 0) is 14.3 Å². The number of likely N-dealkylation sites (tertiary alicyclic amines) is 1. The van der Waals surface area contributed by atoms with Crippen LogP contribution in [-0.4, -0.2) is 43.5 Å². The van der Waals surface area contributed by atoms with Crippen LogP contribution < -0.4 is 0 Å². The minimum absolute atomic E-state index is 0.0332. The van der Waals surface area contributed by atoms with Gasteiger partial charge in [0.15, 0.2) is 6.23 Å². The summed E-state index contributed by atoms with van der Waals surface area (Å²) >= 11 is 0.